The number of para-hydroxylation sites is 1. The summed E-state index contributed by atoms with van der Waals surface area (Å²) >= 11 is 0. The lowest BCUT2D eigenvalue weighted by Crippen LogP contribution is -2.08. The lowest BCUT2D eigenvalue weighted by Gasteiger charge is -2.22. The van der Waals surface area contributed by atoms with Gasteiger partial charge in [-0.3, -0.25) is 4.79 Å². The van der Waals surface area contributed by atoms with Gasteiger partial charge in [0.1, 0.15) is 12.4 Å². The van der Waals surface area contributed by atoms with Gasteiger partial charge in [-0.15, -0.1) is 0 Å². The van der Waals surface area contributed by atoms with Crippen LogP contribution in [0.5, 0.6) is 5.75 Å². The van der Waals surface area contributed by atoms with Gasteiger partial charge in [-0.05, 0) is 42.5 Å². The summed E-state index contributed by atoms with van der Waals surface area (Å²) < 4.78 is 8.03. The molecule has 0 N–H and O–H groups in total. The molecule has 0 spiro atoms. The third-order valence-corrected chi connectivity index (χ3v) is 5.50. The van der Waals surface area contributed by atoms with Crippen LogP contribution in [0.1, 0.15) is 53.9 Å². The Morgan fingerprint density at radius 1 is 1.00 bits per heavy atom. The first-order chi connectivity index (χ1) is 12.8. The van der Waals surface area contributed by atoms with Gasteiger partial charge in [0.15, 0.2) is 6.29 Å². The van der Waals surface area contributed by atoms with E-state index >= 15 is 0 Å². The number of carbonyl (C=O) groups excluding carboxylic acids is 1. The van der Waals surface area contributed by atoms with Crippen LogP contribution in [0.15, 0.2) is 54.7 Å². The molecule has 0 amide bonds. The zero-order valence-electron chi connectivity index (χ0n) is 15.1. The Balaban J connectivity index is 1.38. The van der Waals surface area contributed by atoms with Crippen LogP contribution in [0.4, 0.5) is 0 Å². The number of fused-ring (bicyclic) bond motifs is 1. The minimum atomic E-state index is 0.583. The number of carbonyl (C=O) groups is 1. The van der Waals surface area contributed by atoms with Gasteiger partial charge in [-0.25, -0.2) is 0 Å². The highest BCUT2D eigenvalue weighted by Crippen LogP contribution is 2.33. The van der Waals surface area contributed by atoms with E-state index in [2.05, 4.69) is 28.8 Å². The summed E-state index contributed by atoms with van der Waals surface area (Å²) in [6.07, 6.45) is 9.57. The largest absolute Gasteiger partial charge is 0.492 e. The van der Waals surface area contributed by atoms with Crippen molar-refractivity contribution in [3.8, 4) is 5.75 Å². The molecule has 4 rings (SSSR count). The Hall–Kier alpha value is -2.55. The van der Waals surface area contributed by atoms with Crippen molar-refractivity contribution in [2.24, 2.45) is 0 Å². The summed E-state index contributed by atoms with van der Waals surface area (Å²) in [6, 6.07) is 16.6. The van der Waals surface area contributed by atoms with Crippen LogP contribution in [0.2, 0.25) is 0 Å². The van der Waals surface area contributed by atoms with Crippen molar-refractivity contribution in [2.45, 2.75) is 44.6 Å². The predicted molar refractivity (Wildman–Crippen MR) is 105 cm³/mol. The zero-order chi connectivity index (χ0) is 17.8. The van der Waals surface area contributed by atoms with E-state index in [0.717, 1.165) is 41.0 Å². The summed E-state index contributed by atoms with van der Waals surface area (Å²) in [6.45, 7) is 1.30. The lowest BCUT2D eigenvalue weighted by molar-refractivity contribution is 0.112. The van der Waals surface area contributed by atoms with Crippen molar-refractivity contribution in [3.63, 3.8) is 0 Å². The maximum Gasteiger partial charge on any atom is 0.152 e. The quantitative estimate of drug-likeness (QED) is 0.545. The number of nitrogens with zero attached hydrogens (tertiary/aromatic N) is 1. The van der Waals surface area contributed by atoms with E-state index in [1.165, 1.54) is 37.7 Å². The molecule has 0 saturated heterocycles. The zero-order valence-corrected chi connectivity index (χ0v) is 15.1. The minimum absolute atomic E-state index is 0.583. The number of hydrogen-bond acceptors (Lipinski definition) is 2. The fourth-order valence-electron chi connectivity index (χ4n) is 4.09. The van der Waals surface area contributed by atoms with Gasteiger partial charge in [-0.1, -0.05) is 49.6 Å². The maximum absolute atomic E-state index is 11.2. The molecule has 1 saturated carbocycles. The maximum atomic E-state index is 11.2. The average Bonchev–Trinajstić information content (AvgIpc) is 3.07. The predicted octanol–water partition coefficient (Wildman–Crippen LogP) is 5.58. The number of aromatic nitrogens is 1. The summed E-state index contributed by atoms with van der Waals surface area (Å²) in [7, 11) is 0. The van der Waals surface area contributed by atoms with Crippen LogP contribution in [-0.4, -0.2) is 17.5 Å². The fourth-order valence-corrected chi connectivity index (χ4v) is 4.09. The highest BCUT2D eigenvalue weighted by atomic mass is 16.5. The van der Waals surface area contributed by atoms with Gasteiger partial charge in [0.2, 0.25) is 0 Å². The molecule has 26 heavy (non-hydrogen) atoms. The standard InChI is InChI=1S/C23H25NO2/c25-17-20-16-24(23-9-5-4-8-22(20)23)14-15-26-21-12-10-19(11-13-21)18-6-2-1-3-7-18/h4-5,8-13,16-18H,1-3,6-7,14-15H2. The van der Waals surface area contributed by atoms with Gasteiger partial charge in [0, 0.05) is 22.7 Å². The van der Waals surface area contributed by atoms with E-state index in [1.807, 2.05) is 30.5 Å². The first-order valence-electron chi connectivity index (χ1n) is 9.61. The molecule has 3 heteroatoms. The lowest BCUT2D eigenvalue weighted by atomic mass is 9.84. The average molecular weight is 347 g/mol. The van der Waals surface area contributed by atoms with Crippen LogP contribution >= 0.6 is 0 Å². The molecule has 1 heterocycles. The Morgan fingerprint density at radius 3 is 2.54 bits per heavy atom. The van der Waals surface area contributed by atoms with Gasteiger partial charge >= 0.3 is 0 Å². The molecule has 3 aromatic rings. The molecular weight excluding hydrogens is 322 g/mol. The molecule has 1 aromatic heterocycles. The van der Waals surface area contributed by atoms with Crippen LogP contribution in [0.3, 0.4) is 0 Å². The van der Waals surface area contributed by atoms with E-state index in [4.69, 9.17) is 4.74 Å². The second kappa shape index (κ2) is 7.77. The topological polar surface area (TPSA) is 31.2 Å². The van der Waals surface area contributed by atoms with Gasteiger partial charge < -0.3 is 9.30 Å². The molecule has 0 aliphatic heterocycles. The highest BCUT2D eigenvalue weighted by molar-refractivity contribution is 5.97. The van der Waals surface area contributed by atoms with Gasteiger partial charge in [-0.2, -0.15) is 0 Å². The van der Waals surface area contributed by atoms with Crippen LogP contribution in [-0.2, 0) is 6.54 Å². The minimum Gasteiger partial charge on any atom is -0.492 e. The summed E-state index contributed by atoms with van der Waals surface area (Å²) in [5, 5.41) is 0.999. The fraction of sp³-hybridized carbons (Fsp3) is 0.348. The van der Waals surface area contributed by atoms with Gasteiger partial charge in [0.25, 0.3) is 0 Å². The third-order valence-electron chi connectivity index (χ3n) is 5.50. The van der Waals surface area contributed by atoms with Crippen LogP contribution in [0, 0.1) is 0 Å². The summed E-state index contributed by atoms with van der Waals surface area (Å²) in [5.74, 6) is 1.64. The van der Waals surface area contributed by atoms with Crippen molar-refractivity contribution >= 4 is 17.2 Å². The molecule has 1 aliphatic rings. The summed E-state index contributed by atoms with van der Waals surface area (Å²) in [4.78, 5) is 11.2. The molecule has 2 aromatic carbocycles. The number of hydrogen-bond donors (Lipinski definition) is 0. The van der Waals surface area contributed by atoms with Gasteiger partial charge in [0.05, 0.1) is 6.54 Å². The van der Waals surface area contributed by atoms with E-state index in [9.17, 15) is 4.79 Å². The van der Waals surface area contributed by atoms with Crippen molar-refractivity contribution < 1.29 is 9.53 Å². The monoisotopic (exact) mass is 347 g/mol. The van der Waals surface area contributed by atoms with Crippen molar-refractivity contribution in [2.75, 3.05) is 6.61 Å². The van der Waals surface area contributed by atoms with Crippen molar-refractivity contribution in [1.29, 1.82) is 0 Å². The Morgan fingerprint density at radius 2 is 1.77 bits per heavy atom. The molecule has 0 radical (unpaired) electrons. The first-order valence-corrected chi connectivity index (χ1v) is 9.61. The number of benzene rings is 2. The Labute approximate surface area is 154 Å². The first kappa shape index (κ1) is 16.9. The number of aldehydes is 1. The van der Waals surface area contributed by atoms with Crippen molar-refractivity contribution in [1.82, 2.24) is 4.57 Å². The van der Waals surface area contributed by atoms with E-state index in [-0.39, 0.29) is 0 Å². The SMILES string of the molecule is O=Cc1cn(CCOc2ccc(C3CCCCC3)cc2)c2ccccc12. The molecule has 134 valence electrons. The third kappa shape index (κ3) is 3.52. The second-order valence-corrected chi connectivity index (χ2v) is 7.17. The van der Waals surface area contributed by atoms with E-state index < -0.39 is 0 Å². The van der Waals surface area contributed by atoms with E-state index in [0.29, 0.717) is 6.61 Å². The number of ether oxygens (including phenoxy) is 1. The number of rotatable bonds is 6. The Bertz CT molecular complexity index is 873. The van der Waals surface area contributed by atoms with Crippen LogP contribution < -0.4 is 4.74 Å². The molecule has 0 unspecified atom stereocenters. The van der Waals surface area contributed by atoms with Crippen LogP contribution in [0.25, 0.3) is 10.9 Å². The molecule has 0 atom stereocenters. The Kier molecular flexibility index (Phi) is 5.05. The van der Waals surface area contributed by atoms with E-state index in [1.54, 1.807) is 0 Å². The molecule has 1 fully saturated rings. The molecule has 0 bridgehead atoms. The van der Waals surface area contributed by atoms with Crippen molar-refractivity contribution in [3.05, 3.63) is 65.9 Å². The normalized spacial score (nSPS) is 15.2. The summed E-state index contributed by atoms with van der Waals surface area (Å²) in [5.41, 5.74) is 3.26. The second-order valence-electron chi connectivity index (χ2n) is 7.17. The molecular formula is C23H25NO2. The molecule has 1 aliphatic carbocycles. The highest BCUT2D eigenvalue weighted by Gasteiger charge is 2.15. The smallest absolute Gasteiger partial charge is 0.152 e. The molecule has 3 nitrogen and oxygen atoms in total.